The van der Waals surface area contributed by atoms with Crippen LogP contribution in [0.1, 0.15) is 11.1 Å². The van der Waals surface area contributed by atoms with Gasteiger partial charge >= 0.3 is 0 Å². The van der Waals surface area contributed by atoms with Gasteiger partial charge in [-0.25, -0.2) is 13.2 Å². The van der Waals surface area contributed by atoms with E-state index >= 15 is 0 Å². The maximum absolute atomic E-state index is 13.3. The maximum Gasteiger partial charge on any atom is 0.161 e. The average Bonchev–Trinajstić information content (AvgIpc) is 2.27. The lowest BCUT2D eigenvalue weighted by Crippen LogP contribution is -1.96. The Balaban J connectivity index is 2.32. The first kappa shape index (κ1) is 10.7. The Morgan fingerprint density at radius 3 is 2.06 bits per heavy atom. The quantitative estimate of drug-likeness (QED) is 0.680. The summed E-state index contributed by atoms with van der Waals surface area (Å²) in [7, 11) is 0. The van der Waals surface area contributed by atoms with Crippen LogP contribution in [0, 0.1) is 17.5 Å². The van der Waals surface area contributed by atoms with Crippen molar-refractivity contribution < 1.29 is 13.2 Å². The van der Waals surface area contributed by atoms with Crippen molar-refractivity contribution in [3.05, 3.63) is 71.0 Å². The molecule has 82 valence electrons. The molecule has 0 aliphatic heterocycles. The smallest absolute Gasteiger partial charge is 0.161 e. The Labute approximate surface area is 91.4 Å². The van der Waals surface area contributed by atoms with Crippen LogP contribution < -0.4 is 0 Å². The lowest BCUT2D eigenvalue weighted by molar-refractivity contribution is 0.491. The van der Waals surface area contributed by atoms with E-state index in [-0.39, 0.29) is 12.0 Å². The second-order valence-electron chi connectivity index (χ2n) is 3.52. The fraction of sp³-hybridized carbons (Fsp3) is 0.0769. The van der Waals surface area contributed by atoms with Gasteiger partial charge in [-0.1, -0.05) is 30.3 Å². The molecule has 2 rings (SSSR count). The molecule has 0 radical (unpaired) electrons. The van der Waals surface area contributed by atoms with Gasteiger partial charge in [0.25, 0.3) is 0 Å². The van der Waals surface area contributed by atoms with Crippen molar-refractivity contribution in [3.8, 4) is 0 Å². The summed E-state index contributed by atoms with van der Waals surface area (Å²) in [5.41, 5.74) is 1.01. The summed E-state index contributed by atoms with van der Waals surface area (Å²) in [6, 6.07) is 10.6. The van der Waals surface area contributed by atoms with Gasteiger partial charge in [-0.15, -0.1) is 0 Å². The Bertz CT molecular complexity index is 492. The lowest BCUT2D eigenvalue weighted by Gasteiger charge is -2.04. The van der Waals surface area contributed by atoms with E-state index in [1.165, 1.54) is 0 Å². The van der Waals surface area contributed by atoms with E-state index in [2.05, 4.69) is 0 Å². The van der Waals surface area contributed by atoms with Crippen molar-refractivity contribution in [1.82, 2.24) is 0 Å². The van der Waals surface area contributed by atoms with E-state index in [1.807, 2.05) is 18.2 Å². The van der Waals surface area contributed by atoms with E-state index in [9.17, 15) is 13.2 Å². The van der Waals surface area contributed by atoms with Crippen molar-refractivity contribution in [1.29, 1.82) is 0 Å². The summed E-state index contributed by atoms with van der Waals surface area (Å²) in [5, 5.41) is 0. The molecule has 0 fully saturated rings. The molecule has 0 aliphatic carbocycles. The van der Waals surface area contributed by atoms with E-state index < -0.39 is 17.5 Å². The zero-order valence-electron chi connectivity index (χ0n) is 8.38. The fourth-order valence-electron chi connectivity index (χ4n) is 1.52. The Kier molecular flexibility index (Phi) is 2.95. The highest BCUT2D eigenvalue weighted by Gasteiger charge is 2.09. The van der Waals surface area contributed by atoms with Gasteiger partial charge < -0.3 is 0 Å². The zero-order chi connectivity index (χ0) is 11.5. The molecule has 0 bridgehead atoms. The molecule has 16 heavy (non-hydrogen) atoms. The molecule has 0 aromatic heterocycles. The molecule has 0 saturated heterocycles. The lowest BCUT2D eigenvalue weighted by atomic mass is 10.0. The fourth-order valence-corrected chi connectivity index (χ4v) is 1.52. The highest BCUT2D eigenvalue weighted by molar-refractivity contribution is 5.27. The molecule has 2 aromatic carbocycles. The monoisotopic (exact) mass is 222 g/mol. The van der Waals surface area contributed by atoms with Crippen molar-refractivity contribution in [3.63, 3.8) is 0 Å². The van der Waals surface area contributed by atoms with Crippen molar-refractivity contribution in [2.75, 3.05) is 0 Å². The predicted molar refractivity (Wildman–Crippen MR) is 55.6 cm³/mol. The summed E-state index contributed by atoms with van der Waals surface area (Å²) in [5.74, 6) is -2.90. The first-order valence-corrected chi connectivity index (χ1v) is 4.84. The molecule has 3 heteroatoms. The number of hydrogen-bond donors (Lipinski definition) is 0. The van der Waals surface area contributed by atoms with E-state index in [4.69, 9.17) is 0 Å². The topological polar surface area (TPSA) is 0 Å². The van der Waals surface area contributed by atoms with Crippen LogP contribution in [0.25, 0.3) is 0 Å². The minimum atomic E-state index is -1.16. The number of hydrogen-bond acceptors (Lipinski definition) is 0. The van der Waals surface area contributed by atoms with Crippen LogP contribution in [0.15, 0.2) is 42.5 Å². The summed E-state index contributed by atoms with van der Waals surface area (Å²) in [6.07, 6.45) is 0.254. The molecular weight excluding hydrogens is 213 g/mol. The standard InChI is InChI=1S/C13H9F3/c14-11-8-13(16)12(15)7-10(11)6-9-4-2-1-3-5-9/h1-5,7-8H,6H2. The van der Waals surface area contributed by atoms with Crippen LogP contribution in [0.2, 0.25) is 0 Å². The minimum Gasteiger partial charge on any atom is -0.207 e. The minimum absolute atomic E-state index is 0.158. The van der Waals surface area contributed by atoms with E-state index in [0.717, 1.165) is 11.6 Å². The summed E-state index contributed by atoms with van der Waals surface area (Å²) in [6.45, 7) is 0. The van der Waals surface area contributed by atoms with Crippen molar-refractivity contribution in [2.45, 2.75) is 6.42 Å². The zero-order valence-corrected chi connectivity index (χ0v) is 8.38. The largest absolute Gasteiger partial charge is 0.207 e. The Morgan fingerprint density at radius 1 is 0.750 bits per heavy atom. The van der Waals surface area contributed by atoms with Crippen LogP contribution in [0.5, 0.6) is 0 Å². The summed E-state index contributed by atoms with van der Waals surface area (Å²) >= 11 is 0. The van der Waals surface area contributed by atoms with Gasteiger partial charge in [0.05, 0.1) is 0 Å². The van der Waals surface area contributed by atoms with Gasteiger partial charge in [-0.2, -0.15) is 0 Å². The maximum atomic E-state index is 13.3. The normalized spacial score (nSPS) is 10.4. The molecule has 0 heterocycles. The second kappa shape index (κ2) is 4.39. The summed E-state index contributed by atoms with van der Waals surface area (Å²) < 4.78 is 38.9. The number of halogens is 3. The highest BCUT2D eigenvalue weighted by Crippen LogP contribution is 2.17. The van der Waals surface area contributed by atoms with Gasteiger partial charge in [-0.05, 0) is 17.2 Å². The molecule has 0 spiro atoms. The molecule has 0 unspecified atom stereocenters. The Hall–Kier alpha value is -1.77. The van der Waals surface area contributed by atoms with Gasteiger partial charge in [0.1, 0.15) is 5.82 Å². The van der Waals surface area contributed by atoms with E-state index in [1.54, 1.807) is 12.1 Å². The molecular formula is C13H9F3. The SMILES string of the molecule is Fc1cc(F)c(Cc2ccccc2)cc1F. The van der Waals surface area contributed by atoms with Crippen LogP contribution in [0.4, 0.5) is 13.2 Å². The molecule has 2 aromatic rings. The molecule has 0 N–H and O–H groups in total. The number of benzene rings is 2. The summed E-state index contributed by atoms with van der Waals surface area (Å²) in [4.78, 5) is 0. The first-order valence-electron chi connectivity index (χ1n) is 4.84. The van der Waals surface area contributed by atoms with Gasteiger partial charge in [-0.3, -0.25) is 0 Å². The predicted octanol–water partition coefficient (Wildman–Crippen LogP) is 3.69. The average molecular weight is 222 g/mol. The molecule has 0 aliphatic rings. The molecule has 0 nitrogen and oxygen atoms in total. The highest BCUT2D eigenvalue weighted by atomic mass is 19.2. The van der Waals surface area contributed by atoms with Crippen molar-refractivity contribution in [2.24, 2.45) is 0 Å². The second-order valence-corrected chi connectivity index (χ2v) is 3.52. The third-order valence-electron chi connectivity index (χ3n) is 2.33. The van der Waals surface area contributed by atoms with E-state index in [0.29, 0.717) is 6.07 Å². The molecule has 0 amide bonds. The van der Waals surface area contributed by atoms with Crippen LogP contribution in [-0.4, -0.2) is 0 Å². The van der Waals surface area contributed by atoms with Crippen LogP contribution in [0.3, 0.4) is 0 Å². The van der Waals surface area contributed by atoms with Gasteiger partial charge in [0, 0.05) is 12.5 Å². The van der Waals surface area contributed by atoms with Crippen LogP contribution >= 0.6 is 0 Å². The first-order chi connectivity index (χ1) is 7.66. The third kappa shape index (κ3) is 2.24. The van der Waals surface area contributed by atoms with Gasteiger partial charge in [0.15, 0.2) is 11.6 Å². The molecule has 0 atom stereocenters. The third-order valence-corrected chi connectivity index (χ3v) is 2.33. The van der Waals surface area contributed by atoms with Crippen LogP contribution in [-0.2, 0) is 6.42 Å². The van der Waals surface area contributed by atoms with Gasteiger partial charge in [0.2, 0.25) is 0 Å². The number of rotatable bonds is 2. The molecule has 0 saturated carbocycles. The van der Waals surface area contributed by atoms with Crippen molar-refractivity contribution >= 4 is 0 Å². The Morgan fingerprint density at radius 2 is 1.38 bits per heavy atom.